The maximum atomic E-state index is 11.9. The SMILES string of the molecule is CCOC(=O)N1CCC(NC(=NCCCN2CCOCC2)NCCc2ccco2)CC1.I. The highest BCUT2D eigenvalue weighted by atomic mass is 127. The van der Waals surface area contributed by atoms with E-state index in [4.69, 9.17) is 18.9 Å². The van der Waals surface area contributed by atoms with Gasteiger partial charge in [-0.1, -0.05) is 0 Å². The summed E-state index contributed by atoms with van der Waals surface area (Å²) in [5.41, 5.74) is 0. The zero-order chi connectivity index (χ0) is 21.7. The Balaban J connectivity index is 0.00000363. The van der Waals surface area contributed by atoms with E-state index in [-0.39, 0.29) is 30.1 Å². The molecular weight excluding hydrogens is 525 g/mol. The second kappa shape index (κ2) is 15.3. The van der Waals surface area contributed by atoms with Gasteiger partial charge in [-0.25, -0.2) is 4.79 Å². The van der Waals surface area contributed by atoms with Crippen molar-refractivity contribution < 1.29 is 18.7 Å². The van der Waals surface area contributed by atoms with Crippen LogP contribution in [0.4, 0.5) is 4.79 Å². The first-order valence-corrected chi connectivity index (χ1v) is 11.5. The summed E-state index contributed by atoms with van der Waals surface area (Å²) in [6, 6.07) is 4.19. The molecule has 2 saturated heterocycles. The lowest BCUT2D eigenvalue weighted by Gasteiger charge is -2.32. The van der Waals surface area contributed by atoms with Crippen LogP contribution in [0.1, 0.15) is 31.9 Å². The third-order valence-electron chi connectivity index (χ3n) is 5.61. The zero-order valence-corrected chi connectivity index (χ0v) is 21.4. The number of hydrogen-bond acceptors (Lipinski definition) is 6. The number of rotatable bonds is 9. The number of aliphatic imine (C=N–C) groups is 1. The molecule has 32 heavy (non-hydrogen) atoms. The minimum atomic E-state index is -0.213. The molecule has 3 heterocycles. The van der Waals surface area contributed by atoms with Crippen LogP contribution in [0.5, 0.6) is 0 Å². The fraction of sp³-hybridized carbons (Fsp3) is 0.727. The molecule has 0 radical (unpaired) electrons. The maximum absolute atomic E-state index is 11.9. The molecule has 0 aliphatic carbocycles. The van der Waals surface area contributed by atoms with Gasteiger partial charge in [0.1, 0.15) is 5.76 Å². The molecule has 182 valence electrons. The summed E-state index contributed by atoms with van der Waals surface area (Å²) in [5, 5.41) is 7.00. The molecule has 0 unspecified atom stereocenters. The van der Waals surface area contributed by atoms with Gasteiger partial charge in [0.15, 0.2) is 5.96 Å². The summed E-state index contributed by atoms with van der Waals surface area (Å²) in [4.78, 5) is 20.9. The van der Waals surface area contributed by atoms with E-state index in [2.05, 4.69) is 15.5 Å². The maximum Gasteiger partial charge on any atom is 0.409 e. The molecule has 0 saturated carbocycles. The number of ether oxygens (including phenoxy) is 2. The monoisotopic (exact) mass is 563 g/mol. The third-order valence-corrected chi connectivity index (χ3v) is 5.61. The molecule has 2 aliphatic rings. The van der Waals surface area contributed by atoms with Crippen molar-refractivity contribution in [3.63, 3.8) is 0 Å². The normalized spacial score (nSPS) is 18.2. The van der Waals surface area contributed by atoms with E-state index >= 15 is 0 Å². The molecule has 1 aromatic heterocycles. The first kappa shape index (κ1) is 26.7. The fourth-order valence-corrected chi connectivity index (χ4v) is 3.84. The quantitative estimate of drug-likeness (QED) is 0.206. The van der Waals surface area contributed by atoms with Crippen LogP contribution in [0.15, 0.2) is 27.8 Å². The largest absolute Gasteiger partial charge is 0.469 e. The zero-order valence-electron chi connectivity index (χ0n) is 19.1. The molecule has 2 N–H and O–H groups in total. The van der Waals surface area contributed by atoms with Crippen LogP contribution in [0.3, 0.4) is 0 Å². The van der Waals surface area contributed by atoms with E-state index < -0.39 is 0 Å². The van der Waals surface area contributed by atoms with Crippen LogP contribution >= 0.6 is 24.0 Å². The van der Waals surface area contributed by atoms with Gasteiger partial charge in [0.25, 0.3) is 0 Å². The van der Waals surface area contributed by atoms with E-state index in [0.717, 1.165) is 83.3 Å². The molecule has 2 fully saturated rings. The molecule has 10 heteroatoms. The highest BCUT2D eigenvalue weighted by Crippen LogP contribution is 2.11. The van der Waals surface area contributed by atoms with Crippen molar-refractivity contribution in [2.75, 3.05) is 65.6 Å². The lowest BCUT2D eigenvalue weighted by Crippen LogP contribution is -2.50. The van der Waals surface area contributed by atoms with Gasteiger partial charge in [0.2, 0.25) is 0 Å². The fourth-order valence-electron chi connectivity index (χ4n) is 3.84. The number of halogens is 1. The number of carbonyl (C=O) groups is 1. The van der Waals surface area contributed by atoms with Crippen LogP contribution < -0.4 is 10.6 Å². The first-order valence-electron chi connectivity index (χ1n) is 11.5. The Labute approximate surface area is 208 Å². The van der Waals surface area contributed by atoms with Gasteiger partial charge in [-0.3, -0.25) is 9.89 Å². The second-order valence-corrected chi connectivity index (χ2v) is 7.90. The van der Waals surface area contributed by atoms with Crippen LogP contribution in [0, 0.1) is 0 Å². The number of guanidine groups is 1. The minimum Gasteiger partial charge on any atom is -0.469 e. The summed E-state index contributed by atoms with van der Waals surface area (Å²) < 4.78 is 15.9. The predicted molar refractivity (Wildman–Crippen MR) is 135 cm³/mol. The summed E-state index contributed by atoms with van der Waals surface area (Å²) in [6.45, 7) is 9.90. The van der Waals surface area contributed by atoms with Crippen molar-refractivity contribution in [3.8, 4) is 0 Å². The smallest absolute Gasteiger partial charge is 0.409 e. The van der Waals surface area contributed by atoms with Gasteiger partial charge in [0.05, 0.1) is 26.1 Å². The molecule has 9 nitrogen and oxygen atoms in total. The Hall–Kier alpha value is -1.53. The number of piperidine rings is 1. The standard InChI is InChI=1S/C22H37N5O4.HI/c1-2-30-22(28)27-12-7-19(8-13-27)25-21(24-10-6-20-5-3-16-31-20)23-9-4-11-26-14-17-29-18-15-26;/h3,5,16,19H,2,4,6-15,17-18H2,1H3,(H2,23,24,25);1H. The van der Waals surface area contributed by atoms with Gasteiger partial charge in [-0.05, 0) is 38.3 Å². The van der Waals surface area contributed by atoms with Crippen molar-refractivity contribution in [2.24, 2.45) is 4.99 Å². The average Bonchev–Trinajstić information content (AvgIpc) is 3.31. The lowest BCUT2D eigenvalue weighted by molar-refractivity contribution is 0.0377. The molecule has 0 bridgehead atoms. The Morgan fingerprint density at radius 2 is 2.03 bits per heavy atom. The molecule has 2 aliphatic heterocycles. The second-order valence-electron chi connectivity index (χ2n) is 7.90. The Morgan fingerprint density at radius 3 is 2.72 bits per heavy atom. The predicted octanol–water partition coefficient (Wildman–Crippen LogP) is 2.32. The van der Waals surface area contributed by atoms with E-state index in [1.807, 2.05) is 19.1 Å². The highest BCUT2D eigenvalue weighted by molar-refractivity contribution is 14.0. The van der Waals surface area contributed by atoms with Crippen molar-refractivity contribution in [1.82, 2.24) is 20.4 Å². The molecular formula is C22H38IN5O4. The minimum absolute atomic E-state index is 0. The molecule has 1 aromatic rings. The number of furan rings is 1. The van der Waals surface area contributed by atoms with Gasteiger partial charge in [0, 0.05) is 58.3 Å². The number of carbonyl (C=O) groups excluding carboxylic acids is 1. The van der Waals surface area contributed by atoms with E-state index in [9.17, 15) is 4.79 Å². The van der Waals surface area contributed by atoms with Crippen LogP contribution in [-0.4, -0.2) is 93.5 Å². The van der Waals surface area contributed by atoms with E-state index in [1.165, 1.54) is 0 Å². The Morgan fingerprint density at radius 1 is 1.25 bits per heavy atom. The van der Waals surface area contributed by atoms with E-state index in [0.29, 0.717) is 25.7 Å². The molecule has 0 aromatic carbocycles. The highest BCUT2D eigenvalue weighted by Gasteiger charge is 2.24. The number of nitrogens with zero attached hydrogens (tertiary/aromatic N) is 3. The van der Waals surface area contributed by atoms with Crippen molar-refractivity contribution in [3.05, 3.63) is 24.2 Å². The Bertz CT molecular complexity index is 659. The number of morpholine rings is 1. The van der Waals surface area contributed by atoms with E-state index in [1.54, 1.807) is 11.2 Å². The summed E-state index contributed by atoms with van der Waals surface area (Å²) in [5.74, 6) is 1.80. The van der Waals surface area contributed by atoms with Crippen molar-refractivity contribution >= 4 is 36.0 Å². The molecule has 3 rings (SSSR count). The Kier molecular flexibility index (Phi) is 12.8. The first-order chi connectivity index (χ1) is 15.2. The lowest BCUT2D eigenvalue weighted by atomic mass is 10.1. The molecule has 0 spiro atoms. The number of likely N-dealkylation sites (tertiary alicyclic amines) is 1. The molecule has 0 atom stereocenters. The van der Waals surface area contributed by atoms with Crippen LogP contribution in [-0.2, 0) is 15.9 Å². The van der Waals surface area contributed by atoms with Crippen molar-refractivity contribution in [1.29, 1.82) is 0 Å². The topological polar surface area (TPSA) is 91.6 Å². The van der Waals surface area contributed by atoms with Gasteiger partial charge in [-0.15, -0.1) is 24.0 Å². The average molecular weight is 563 g/mol. The number of nitrogens with one attached hydrogen (secondary N) is 2. The van der Waals surface area contributed by atoms with Gasteiger partial charge >= 0.3 is 6.09 Å². The summed E-state index contributed by atoms with van der Waals surface area (Å²) in [6.07, 6.45) is 5.08. The third kappa shape index (κ3) is 9.53. The number of amides is 1. The number of hydrogen-bond donors (Lipinski definition) is 2. The molecule has 1 amide bonds. The summed E-state index contributed by atoms with van der Waals surface area (Å²) >= 11 is 0. The van der Waals surface area contributed by atoms with Crippen LogP contribution in [0.2, 0.25) is 0 Å². The van der Waals surface area contributed by atoms with Crippen LogP contribution in [0.25, 0.3) is 0 Å². The summed E-state index contributed by atoms with van der Waals surface area (Å²) in [7, 11) is 0. The van der Waals surface area contributed by atoms with Crippen molar-refractivity contribution in [2.45, 2.75) is 38.6 Å². The van der Waals surface area contributed by atoms with Gasteiger partial charge in [-0.2, -0.15) is 0 Å². The van der Waals surface area contributed by atoms with Gasteiger partial charge < -0.3 is 29.4 Å².